The number of carbonyl (C=O) groups is 10. The third-order valence-corrected chi connectivity index (χ3v) is 11.2. The second-order valence-electron chi connectivity index (χ2n) is 17.2. The van der Waals surface area contributed by atoms with Gasteiger partial charge < -0.3 is 47.8 Å². The molecular weight excluding hydrogens is 851 g/mol. The van der Waals surface area contributed by atoms with Gasteiger partial charge in [0.2, 0.25) is 35.3 Å². The van der Waals surface area contributed by atoms with Gasteiger partial charge in [-0.25, -0.2) is 0 Å². The third-order valence-electron chi connectivity index (χ3n) is 10.1. The van der Waals surface area contributed by atoms with E-state index in [1.165, 1.54) is 0 Å². The number of rotatable bonds is 26. The minimum atomic E-state index is -1.68. The van der Waals surface area contributed by atoms with E-state index in [0.717, 1.165) is 16.9 Å². The maximum absolute atomic E-state index is 14.4. The zero-order chi connectivity index (χ0) is 48.5. The first kappa shape index (κ1) is 54.0. The van der Waals surface area contributed by atoms with Crippen LogP contribution in [0.25, 0.3) is 0 Å². The Morgan fingerprint density at radius 2 is 1.23 bits per heavy atom. The van der Waals surface area contributed by atoms with Gasteiger partial charge in [0, 0.05) is 12.8 Å². The molecule has 0 saturated heterocycles. The molecule has 2 aromatic rings. The number of carboxylic acids is 2. The zero-order valence-electron chi connectivity index (χ0n) is 37.6. The third kappa shape index (κ3) is 17.5. The summed E-state index contributed by atoms with van der Waals surface area (Å²) >= 11 is 1.06. The van der Waals surface area contributed by atoms with Crippen molar-refractivity contribution in [3.05, 3.63) is 57.3 Å². The van der Waals surface area contributed by atoms with Crippen LogP contribution in [0.3, 0.4) is 0 Å². The number of unbranched alkanes of at least 4 members (excludes halogenated alkanes) is 1. The molecular formula is C44H63N7O12S. The predicted octanol–water partition coefficient (Wildman–Crippen LogP) is 1.81. The van der Waals surface area contributed by atoms with Gasteiger partial charge in [0.15, 0.2) is 0 Å². The molecule has 7 amide bonds. The Labute approximate surface area is 376 Å². The summed E-state index contributed by atoms with van der Waals surface area (Å²) in [6.07, 6.45) is -0.770. The molecule has 0 fully saturated rings. The van der Waals surface area contributed by atoms with Gasteiger partial charge in [-0.15, -0.1) is 11.3 Å². The molecule has 19 nitrogen and oxygen atoms in total. The number of amides is 7. The van der Waals surface area contributed by atoms with Gasteiger partial charge >= 0.3 is 11.9 Å². The number of aliphatic carboxylic acids is 2. The minimum Gasteiger partial charge on any atom is -0.481 e. The number of benzene rings is 1. The van der Waals surface area contributed by atoms with E-state index < -0.39 is 120 Å². The monoisotopic (exact) mass is 913 g/mol. The van der Waals surface area contributed by atoms with E-state index in [9.17, 15) is 58.2 Å². The number of ketones is 1. The average Bonchev–Trinajstić information content (AvgIpc) is 3.64. The van der Waals surface area contributed by atoms with E-state index in [1.807, 2.05) is 6.92 Å². The summed E-state index contributed by atoms with van der Waals surface area (Å²) in [7, 11) is 0. The van der Waals surface area contributed by atoms with Crippen LogP contribution in [0.2, 0.25) is 0 Å². The van der Waals surface area contributed by atoms with Crippen LogP contribution in [0.15, 0.2) is 35.7 Å². The lowest BCUT2D eigenvalue weighted by Crippen LogP contribution is -2.62. The normalized spacial score (nSPS) is 14.1. The summed E-state index contributed by atoms with van der Waals surface area (Å²) in [5.41, 5.74) is 6.14. The van der Waals surface area contributed by atoms with Crippen LogP contribution in [0.1, 0.15) is 113 Å². The molecule has 64 heavy (non-hydrogen) atoms. The number of Topliss-reactive ketones (excluding diaryl/α,β-unsaturated/α-hetero) is 1. The number of hydrogen-bond acceptors (Lipinski definition) is 11. The van der Waals surface area contributed by atoms with E-state index in [1.54, 1.807) is 84.2 Å². The Morgan fingerprint density at radius 1 is 0.672 bits per heavy atom. The van der Waals surface area contributed by atoms with Crippen LogP contribution < -0.4 is 37.6 Å². The summed E-state index contributed by atoms with van der Waals surface area (Å²) in [5.74, 6) is -10.4. The van der Waals surface area contributed by atoms with Crippen LogP contribution in [-0.4, -0.2) is 106 Å². The van der Waals surface area contributed by atoms with Crippen molar-refractivity contribution in [1.29, 1.82) is 0 Å². The van der Waals surface area contributed by atoms with E-state index in [2.05, 4.69) is 31.9 Å². The van der Waals surface area contributed by atoms with Crippen molar-refractivity contribution in [2.24, 2.45) is 17.1 Å². The van der Waals surface area contributed by atoms with E-state index in [4.69, 9.17) is 5.73 Å². The van der Waals surface area contributed by atoms with Crippen molar-refractivity contribution in [3.8, 4) is 0 Å². The van der Waals surface area contributed by atoms with Gasteiger partial charge in [0.05, 0.1) is 17.3 Å². The average molecular weight is 914 g/mol. The predicted molar refractivity (Wildman–Crippen MR) is 237 cm³/mol. The SMILES string of the molecule is CCCC[C@H](NC(=O)[C@H](CC(C)C)NC(=O)[C@@H](NC(=O)[C@H](Cc1ccccc1C)NC(=O)[C@H](CCC(=O)O)NC(=O)[C@H](CC(=O)O)NC(=O)c1sccc1C)C(C)(C)C)C(=O)C(N)=O. The van der Waals surface area contributed by atoms with Crippen molar-refractivity contribution >= 4 is 70.4 Å². The fraction of sp³-hybridized carbons (Fsp3) is 0.545. The highest BCUT2D eigenvalue weighted by molar-refractivity contribution is 7.12. The summed E-state index contributed by atoms with van der Waals surface area (Å²) in [4.78, 5) is 131. The smallest absolute Gasteiger partial charge is 0.305 e. The molecule has 1 aromatic carbocycles. The molecule has 352 valence electrons. The van der Waals surface area contributed by atoms with Crippen LogP contribution >= 0.6 is 11.3 Å². The summed E-state index contributed by atoms with van der Waals surface area (Å²) < 4.78 is 0. The first-order chi connectivity index (χ1) is 29.9. The zero-order valence-corrected chi connectivity index (χ0v) is 38.4. The lowest BCUT2D eigenvalue weighted by molar-refractivity contribution is -0.140. The topological polar surface area (TPSA) is 309 Å². The molecule has 1 aromatic heterocycles. The molecule has 0 spiro atoms. The molecule has 2 rings (SSSR count). The van der Waals surface area contributed by atoms with Crippen LogP contribution in [0, 0.1) is 25.2 Å². The number of hydrogen-bond donors (Lipinski definition) is 9. The van der Waals surface area contributed by atoms with Gasteiger partial charge in [0.25, 0.3) is 11.8 Å². The lowest BCUT2D eigenvalue weighted by atomic mass is 9.85. The molecule has 0 aliphatic heterocycles. The highest BCUT2D eigenvalue weighted by atomic mass is 32.1. The number of carbonyl (C=O) groups excluding carboxylic acids is 8. The Morgan fingerprint density at radius 3 is 1.77 bits per heavy atom. The van der Waals surface area contributed by atoms with Crippen molar-refractivity contribution < 1.29 is 58.2 Å². The van der Waals surface area contributed by atoms with E-state index in [0.29, 0.717) is 24.0 Å². The van der Waals surface area contributed by atoms with Crippen LogP contribution in [0.4, 0.5) is 0 Å². The van der Waals surface area contributed by atoms with Crippen molar-refractivity contribution in [3.63, 3.8) is 0 Å². The molecule has 0 aliphatic rings. The maximum Gasteiger partial charge on any atom is 0.305 e. The minimum absolute atomic E-state index is 0.105. The Balaban J connectivity index is 2.50. The first-order valence-corrected chi connectivity index (χ1v) is 21.9. The van der Waals surface area contributed by atoms with Crippen LogP contribution in [-0.2, 0) is 49.6 Å². The Kier molecular flexibility index (Phi) is 21.2. The fourth-order valence-electron chi connectivity index (χ4n) is 6.56. The van der Waals surface area contributed by atoms with Crippen LogP contribution in [0.5, 0.6) is 0 Å². The van der Waals surface area contributed by atoms with E-state index in [-0.39, 0.29) is 30.1 Å². The van der Waals surface area contributed by atoms with Gasteiger partial charge in [-0.3, -0.25) is 47.9 Å². The first-order valence-electron chi connectivity index (χ1n) is 21.0. The van der Waals surface area contributed by atoms with Gasteiger partial charge in [-0.05, 0) is 72.6 Å². The second-order valence-corrected chi connectivity index (χ2v) is 18.1. The molecule has 20 heteroatoms. The molecule has 10 N–H and O–H groups in total. The van der Waals surface area contributed by atoms with Gasteiger partial charge in [-0.1, -0.05) is 78.6 Å². The van der Waals surface area contributed by atoms with Crippen molar-refractivity contribution in [2.75, 3.05) is 0 Å². The summed E-state index contributed by atoms with van der Waals surface area (Å²) in [5, 5.41) is 36.0. The quantitative estimate of drug-likeness (QED) is 0.0611. The van der Waals surface area contributed by atoms with Crippen molar-refractivity contribution in [1.82, 2.24) is 31.9 Å². The van der Waals surface area contributed by atoms with Gasteiger partial charge in [0.1, 0.15) is 30.2 Å². The number of thiophene rings is 1. The number of nitrogens with one attached hydrogen (secondary N) is 6. The molecule has 0 saturated carbocycles. The van der Waals surface area contributed by atoms with Crippen molar-refractivity contribution in [2.45, 2.75) is 143 Å². The summed E-state index contributed by atoms with van der Waals surface area (Å²) in [6.45, 7) is 13.8. The molecule has 6 atom stereocenters. The highest BCUT2D eigenvalue weighted by Gasteiger charge is 2.39. The number of nitrogens with two attached hydrogens (primary N) is 1. The second kappa shape index (κ2) is 25.2. The molecule has 0 radical (unpaired) electrons. The standard InChI is InChI=1S/C44H63N7O12S/c1-9-10-15-27(34(56)37(45)57)46-39(59)29(20-23(2)3)50-43(63)36(44(6,7)8)51-41(61)30(21-26-14-12-11-13-24(26)4)48-38(58)28(16-17-32(52)53)47-40(60)31(22-33(54)55)49-42(62)35-25(5)18-19-64-35/h11-14,18-19,23,27-31,36H,9-10,15-17,20-22H2,1-8H3,(H2,45,57)(H,46,59)(H,47,60)(H,48,58)(H,49,62)(H,50,63)(H,51,61)(H,52,53)(H,54,55)/t27-,28-,29-,30-,31-,36+/m0/s1. The Bertz CT molecular complexity index is 2030. The number of primary amides is 1. The molecule has 1 heterocycles. The maximum atomic E-state index is 14.4. The summed E-state index contributed by atoms with van der Waals surface area (Å²) in [6, 6.07) is 0.0240. The molecule has 0 unspecified atom stereocenters. The fourth-order valence-corrected chi connectivity index (χ4v) is 7.39. The number of carboxylic acid groups (broad SMARTS) is 2. The molecule has 0 bridgehead atoms. The van der Waals surface area contributed by atoms with E-state index >= 15 is 0 Å². The lowest BCUT2D eigenvalue weighted by Gasteiger charge is -2.34. The Hall–Kier alpha value is -6.18. The highest BCUT2D eigenvalue weighted by Crippen LogP contribution is 2.22. The number of aryl methyl sites for hydroxylation is 2. The largest absolute Gasteiger partial charge is 0.481 e. The molecule has 0 aliphatic carbocycles. The van der Waals surface area contributed by atoms with Gasteiger partial charge in [-0.2, -0.15) is 0 Å².